The van der Waals surface area contributed by atoms with Gasteiger partial charge in [0, 0.05) is 38.3 Å². The van der Waals surface area contributed by atoms with Crippen LogP contribution in [0.25, 0.3) is 0 Å². The lowest BCUT2D eigenvalue weighted by molar-refractivity contribution is -0.135. The number of piperidine rings is 1. The van der Waals surface area contributed by atoms with Crippen LogP contribution in [0.2, 0.25) is 0 Å². The smallest absolute Gasteiger partial charge is 0.222 e. The van der Waals surface area contributed by atoms with E-state index in [2.05, 4.69) is 35.0 Å². The number of amides is 1. The van der Waals surface area contributed by atoms with Crippen LogP contribution in [0.5, 0.6) is 0 Å². The topological polar surface area (TPSA) is 61.5 Å². The Morgan fingerprint density at radius 1 is 1.35 bits per heavy atom. The fourth-order valence-electron chi connectivity index (χ4n) is 4.08. The molecule has 6 nitrogen and oxygen atoms in total. The molecule has 1 atom stereocenters. The molecule has 0 radical (unpaired) electrons. The Labute approximate surface area is 157 Å². The minimum Gasteiger partial charge on any atom is -0.378 e. The lowest BCUT2D eigenvalue weighted by atomic mass is 9.93. The molecule has 2 aliphatic heterocycles. The quantitative estimate of drug-likeness (QED) is 0.809. The molecule has 3 heterocycles. The van der Waals surface area contributed by atoms with Gasteiger partial charge in [0.1, 0.15) is 0 Å². The molecule has 1 N–H and O–H groups in total. The highest BCUT2D eigenvalue weighted by molar-refractivity contribution is 5.76. The number of morpholine rings is 1. The SMILES string of the molecule is CC(C)Cc1cc(CN2CCCC(CCC(=O)N3CCOCC3)C2)[nH]n1. The third-order valence-electron chi connectivity index (χ3n) is 5.43. The van der Waals surface area contributed by atoms with Crippen molar-refractivity contribution < 1.29 is 9.53 Å². The summed E-state index contributed by atoms with van der Waals surface area (Å²) in [5, 5.41) is 7.64. The van der Waals surface area contributed by atoms with Crippen LogP contribution in [0.3, 0.4) is 0 Å². The summed E-state index contributed by atoms with van der Waals surface area (Å²) in [6.45, 7) is 10.5. The second kappa shape index (κ2) is 9.51. The van der Waals surface area contributed by atoms with Gasteiger partial charge in [0.05, 0.1) is 18.9 Å². The van der Waals surface area contributed by atoms with Crippen LogP contribution in [0, 0.1) is 11.8 Å². The summed E-state index contributed by atoms with van der Waals surface area (Å²) in [4.78, 5) is 16.8. The largest absolute Gasteiger partial charge is 0.378 e. The maximum atomic E-state index is 12.3. The Balaban J connectivity index is 1.42. The number of likely N-dealkylation sites (tertiary alicyclic amines) is 1. The number of aromatic amines is 1. The van der Waals surface area contributed by atoms with Crippen LogP contribution in [0.4, 0.5) is 0 Å². The molecule has 2 fully saturated rings. The molecule has 0 aliphatic carbocycles. The zero-order valence-electron chi connectivity index (χ0n) is 16.4. The fraction of sp³-hybridized carbons (Fsp3) is 0.800. The van der Waals surface area contributed by atoms with Gasteiger partial charge in [-0.3, -0.25) is 14.8 Å². The Kier molecular flexibility index (Phi) is 7.08. The van der Waals surface area contributed by atoms with Crippen molar-refractivity contribution in [2.45, 2.75) is 52.5 Å². The summed E-state index contributed by atoms with van der Waals surface area (Å²) in [5.41, 5.74) is 2.38. The van der Waals surface area contributed by atoms with E-state index < -0.39 is 0 Å². The second-order valence-corrected chi connectivity index (χ2v) is 8.26. The number of carbonyl (C=O) groups excluding carboxylic acids is 1. The monoisotopic (exact) mass is 362 g/mol. The van der Waals surface area contributed by atoms with E-state index in [-0.39, 0.29) is 0 Å². The molecule has 1 aromatic rings. The molecule has 0 aromatic carbocycles. The Morgan fingerprint density at radius 2 is 2.15 bits per heavy atom. The first-order valence-corrected chi connectivity index (χ1v) is 10.2. The number of hydrogen-bond donors (Lipinski definition) is 1. The molecule has 0 spiro atoms. The van der Waals surface area contributed by atoms with Crippen LogP contribution in [0.15, 0.2) is 6.07 Å². The van der Waals surface area contributed by atoms with Gasteiger partial charge >= 0.3 is 0 Å². The van der Waals surface area contributed by atoms with Gasteiger partial charge in [0.2, 0.25) is 5.91 Å². The number of aromatic nitrogens is 2. The number of hydrogen-bond acceptors (Lipinski definition) is 4. The van der Waals surface area contributed by atoms with E-state index in [4.69, 9.17) is 4.74 Å². The van der Waals surface area contributed by atoms with E-state index in [1.165, 1.54) is 24.2 Å². The van der Waals surface area contributed by atoms with Gasteiger partial charge in [-0.25, -0.2) is 0 Å². The summed E-state index contributed by atoms with van der Waals surface area (Å²) in [5.74, 6) is 1.57. The third-order valence-corrected chi connectivity index (χ3v) is 5.43. The molecule has 1 amide bonds. The van der Waals surface area contributed by atoms with Gasteiger partial charge in [-0.2, -0.15) is 5.10 Å². The second-order valence-electron chi connectivity index (χ2n) is 8.26. The lowest BCUT2D eigenvalue weighted by Crippen LogP contribution is -2.41. The Morgan fingerprint density at radius 3 is 2.92 bits per heavy atom. The predicted octanol–water partition coefficient (Wildman–Crippen LogP) is 2.46. The molecule has 6 heteroatoms. The van der Waals surface area contributed by atoms with Crippen LogP contribution in [-0.2, 0) is 22.5 Å². The number of rotatable bonds is 7. The van der Waals surface area contributed by atoms with Crippen molar-refractivity contribution >= 4 is 5.91 Å². The first-order valence-electron chi connectivity index (χ1n) is 10.2. The molecule has 1 unspecified atom stereocenters. The zero-order valence-corrected chi connectivity index (χ0v) is 16.4. The van der Waals surface area contributed by atoms with E-state index in [9.17, 15) is 4.79 Å². The Bertz CT molecular complexity index is 566. The molecule has 2 saturated heterocycles. The van der Waals surface area contributed by atoms with E-state index >= 15 is 0 Å². The fourth-order valence-corrected chi connectivity index (χ4v) is 4.08. The Hall–Kier alpha value is -1.40. The van der Waals surface area contributed by atoms with Crippen molar-refractivity contribution in [1.29, 1.82) is 0 Å². The van der Waals surface area contributed by atoms with Gasteiger partial charge in [-0.1, -0.05) is 13.8 Å². The first kappa shape index (κ1) is 19.4. The molecule has 0 bridgehead atoms. The number of ether oxygens (including phenoxy) is 1. The molecule has 26 heavy (non-hydrogen) atoms. The summed E-state index contributed by atoms with van der Waals surface area (Å²) < 4.78 is 5.33. The number of H-pyrrole nitrogens is 1. The highest BCUT2D eigenvalue weighted by atomic mass is 16.5. The summed E-state index contributed by atoms with van der Waals surface area (Å²) in [7, 11) is 0. The van der Waals surface area contributed by atoms with Crippen molar-refractivity contribution in [3.8, 4) is 0 Å². The van der Waals surface area contributed by atoms with Gasteiger partial charge in [-0.05, 0) is 50.1 Å². The molecule has 146 valence electrons. The van der Waals surface area contributed by atoms with Crippen LogP contribution >= 0.6 is 0 Å². The molecular weight excluding hydrogens is 328 g/mol. The van der Waals surface area contributed by atoms with Crippen molar-refractivity contribution in [3.63, 3.8) is 0 Å². The molecule has 0 saturated carbocycles. The average Bonchev–Trinajstić information content (AvgIpc) is 3.07. The maximum absolute atomic E-state index is 12.3. The third kappa shape index (κ3) is 5.81. The van der Waals surface area contributed by atoms with Gasteiger partial charge in [0.15, 0.2) is 0 Å². The van der Waals surface area contributed by atoms with E-state index in [0.29, 0.717) is 37.4 Å². The zero-order chi connectivity index (χ0) is 18.4. The summed E-state index contributed by atoms with van der Waals surface area (Å²) >= 11 is 0. The van der Waals surface area contributed by atoms with Crippen LogP contribution in [0.1, 0.15) is 50.9 Å². The van der Waals surface area contributed by atoms with Gasteiger partial charge in [0.25, 0.3) is 0 Å². The average molecular weight is 363 g/mol. The standard InChI is InChI=1S/C20H34N4O2/c1-16(2)12-18-13-19(22-21-18)15-23-7-3-4-17(14-23)5-6-20(25)24-8-10-26-11-9-24/h13,16-17H,3-12,14-15H2,1-2H3,(H,21,22). The first-order chi connectivity index (χ1) is 12.6. The van der Waals surface area contributed by atoms with Crippen LogP contribution in [-0.4, -0.2) is 65.3 Å². The molecule has 1 aromatic heterocycles. The van der Waals surface area contributed by atoms with E-state index in [1.807, 2.05) is 4.90 Å². The van der Waals surface area contributed by atoms with Crippen LogP contribution < -0.4 is 0 Å². The lowest BCUT2D eigenvalue weighted by Gasteiger charge is -2.33. The molecule has 3 rings (SSSR count). The molecule has 2 aliphatic rings. The number of carbonyl (C=O) groups is 1. The number of nitrogens with zero attached hydrogens (tertiary/aromatic N) is 3. The van der Waals surface area contributed by atoms with Gasteiger partial charge < -0.3 is 9.64 Å². The highest BCUT2D eigenvalue weighted by Gasteiger charge is 2.23. The maximum Gasteiger partial charge on any atom is 0.222 e. The minimum atomic E-state index is 0.303. The number of nitrogens with one attached hydrogen (secondary N) is 1. The van der Waals surface area contributed by atoms with Crippen molar-refractivity contribution in [2.75, 3.05) is 39.4 Å². The summed E-state index contributed by atoms with van der Waals surface area (Å²) in [6.07, 6.45) is 5.19. The van der Waals surface area contributed by atoms with E-state index in [0.717, 1.165) is 45.6 Å². The predicted molar refractivity (Wildman–Crippen MR) is 102 cm³/mol. The highest BCUT2D eigenvalue weighted by Crippen LogP contribution is 2.23. The van der Waals surface area contributed by atoms with Crippen molar-refractivity contribution in [2.24, 2.45) is 11.8 Å². The van der Waals surface area contributed by atoms with Crippen molar-refractivity contribution in [1.82, 2.24) is 20.0 Å². The van der Waals surface area contributed by atoms with E-state index in [1.54, 1.807) is 0 Å². The minimum absolute atomic E-state index is 0.303. The molecular formula is C20H34N4O2. The normalized spacial score (nSPS) is 22.1. The van der Waals surface area contributed by atoms with Gasteiger partial charge in [-0.15, -0.1) is 0 Å². The summed E-state index contributed by atoms with van der Waals surface area (Å²) in [6, 6.07) is 2.21. The van der Waals surface area contributed by atoms with Crippen molar-refractivity contribution in [3.05, 3.63) is 17.5 Å².